The molecule has 73 heavy (non-hydrogen) atoms. The largest absolute Gasteiger partial charge is 0.530 e. The molecule has 0 aliphatic heterocycles. The van der Waals surface area contributed by atoms with Crippen LogP contribution in [0, 0.1) is 0 Å². The molecule has 2 amide bonds. The Kier molecular flexibility index (Phi) is 35.1. The van der Waals surface area contributed by atoms with Crippen LogP contribution in [0.4, 0.5) is 4.79 Å². The van der Waals surface area contributed by atoms with Gasteiger partial charge in [-0.15, -0.1) is 0 Å². The second-order valence-corrected chi connectivity index (χ2v) is 16.7. The number of fused-ring (bicyclic) bond motifs is 3. The maximum Gasteiger partial charge on any atom is 0.251 e. The van der Waals surface area contributed by atoms with Crippen LogP contribution in [-0.4, -0.2) is 183 Å². The van der Waals surface area contributed by atoms with Crippen molar-refractivity contribution in [2.24, 2.45) is 5.73 Å². The Bertz CT molecular complexity index is 1880. The van der Waals surface area contributed by atoms with Crippen LogP contribution in [-0.2, 0) is 63.4 Å². The van der Waals surface area contributed by atoms with Crippen molar-refractivity contribution in [2.75, 3.05) is 165 Å². The number of rotatable bonds is 41. The Morgan fingerprint density at radius 1 is 0.507 bits per heavy atom. The van der Waals surface area contributed by atoms with E-state index in [1.165, 1.54) is 23.1 Å². The molecule has 2 aliphatic rings. The van der Waals surface area contributed by atoms with E-state index in [-0.39, 0.29) is 11.8 Å². The SMILES string of the molecule is NCCOCCOCCOCCOCCOCCOCCOCCOCCOCCOCCOCCNC(=O)c1ccccc1.O=C([O-])NCC1c2ccccc2-c2c(CO[C@@H]3CC/C=C/CCC3)cccc21. The van der Waals surface area contributed by atoms with Gasteiger partial charge in [0.25, 0.3) is 5.91 Å². The summed E-state index contributed by atoms with van der Waals surface area (Å²) < 4.78 is 66.0. The van der Waals surface area contributed by atoms with Gasteiger partial charge < -0.3 is 83.1 Å². The van der Waals surface area contributed by atoms with E-state index >= 15 is 0 Å². The standard InChI is InChI=1S/C31H56N2O12.C24H27NO3/c32-6-8-35-10-12-37-14-16-39-18-20-41-22-24-43-26-28-45-29-27-44-25-23-42-21-19-40-17-15-38-13-11-36-9-7-33-31(34)30-4-2-1-3-5-30;26-24(27)25-15-22-19-12-6-7-13-20(19)23-17(9-8-14-21(22)23)16-28-18-10-4-2-1-3-5-11-18/h1-5H,6-29,32H2,(H,33,34);1-2,6-9,12-14,18,22,25H,3-5,10-11,15-16H2,(H,26,27)/p-1/b;2-1+/t;18-,22?/m.1/s1. The fourth-order valence-corrected chi connectivity index (χ4v) is 7.77. The average molecular weight is 1030 g/mol. The van der Waals surface area contributed by atoms with E-state index in [4.69, 9.17) is 62.6 Å². The smallest absolute Gasteiger partial charge is 0.251 e. The van der Waals surface area contributed by atoms with Crippen molar-refractivity contribution in [3.8, 4) is 11.1 Å². The maximum atomic E-state index is 11.9. The molecule has 2 aliphatic carbocycles. The molecule has 0 aromatic heterocycles. The zero-order chi connectivity index (χ0) is 51.5. The number of allylic oxidation sites excluding steroid dienone is 2. The monoisotopic (exact) mass is 1020 g/mol. The molecule has 2 atom stereocenters. The van der Waals surface area contributed by atoms with Crippen LogP contribution >= 0.6 is 0 Å². The van der Waals surface area contributed by atoms with Gasteiger partial charge in [-0.3, -0.25) is 4.79 Å². The summed E-state index contributed by atoms with van der Waals surface area (Å²) in [5.41, 5.74) is 11.9. The lowest BCUT2D eigenvalue weighted by Crippen LogP contribution is -2.38. The molecule has 0 bridgehead atoms. The van der Waals surface area contributed by atoms with Gasteiger partial charge in [0.2, 0.25) is 0 Å². The van der Waals surface area contributed by atoms with Gasteiger partial charge in [0.05, 0.1) is 158 Å². The van der Waals surface area contributed by atoms with Gasteiger partial charge in [-0.05, 0) is 72.1 Å². The molecule has 18 nitrogen and oxygen atoms in total. The third kappa shape index (κ3) is 28.2. The lowest BCUT2D eigenvalue weighted by molar-refractivity contribution is -0.250. The van der Waals surface area contributed by atoms with Crippen molar-refractivity contribution >= 4 is 12.0 Å². The van der Waals surface area contributed by atoms with Crippen LogP contribution in [0.1, 0.15) is 65.1 Å². The summed E-state index contributed by atoms with van der Waals surface area (Å²) in [5, 5.41) is 16.2. The predicted molar refractivity (Wildman–Crippen MR) is 275 cm³/mol. The highest BCUT2D eigenvalue weighted by Crippen LogP contribution is 2.46. The molecule has 0 heterocycles. The molecule has 4 N–H and O–H groups in total. The van der Waals surface area contributed by atoms with Crippen LogP contribution in [0.5, 0.6) is 0 Å². The molecule has 0 spiro atoms. The molecular formula is C55H82N3O15-. The summed E-state index contributed by atoms with van der Waals surface area (Å²) in [7, 11) is 0. The third-order valence-electron chi connectivity index (χ3n) is 11.4. The van der Waals surface area contributed by atoms with Crippen LogP contribution in [0.3, 0.4) is 0 Å². The van der Waals surface area contributed by atoms with Crippen LogP contribution < -0.4 is 21.5 Å². The number of nitrogens with one attached hydrogen (secondary N) is 2. The van der Waals surface area contributed by atoms with Crippen molar-refractivity contribution in [3.63, 3.8) is 0 Å². The van der Waals surface area contributed by atoms with Crippen molar-refractivity contribution in [3.05, 3.63) is 107 Å². The first-order valence-electron chi connectivity index (χ1n) is 25.9. The van der Waals surface area contributed by atoms with Gasteiger partial charge in [0, 0.05) is 31.1 Å². The number of hydrogen-bond acceptors (Lipinski definition) is 16. The van der Waals surface area contributed by atoms with Crippen LogP contribution in [0.2, 0.25) is 0 Å². The van der Waals surface area contributed by atoms with Gasteiger partial charge in [-0.2, -0.15) is 0 Å². The Morgan fingerprint density at radius 2 is 0.973 bits per heavy atom. The van der Waals surface area contributed by atoms with E-state index in [9.17, 15) is 14.7 Å². The Balaban J connectivity index is 0.000000349. The van der Waals surface area contributed by atoms with Gasteiger partial charge in [0.1, 0.15) is 6.09 Å². The highest BCUT2D eigenvalue weighted by molar-refractivity contribution is 5.94. The van der Waals surface area contributed by atoms with Crippen molar-refractivity contribution in [1.29, 1.82) is 0 Å². The summed E-state index contributed by atoms with van der Waals surface area (Å²) >= 11 is 0. The molecule has 0 radical (unpaired) electrons. The molecule has 408 valence electrons. The van der Waals surface area contributed by atoms with Gasteiger partial charge in [0.15, 0.2) is 0 Å². The first kappa shape index (κ1) is 61.2. The molecule has 0 fully saturated rings. The normalized spacial score (nSPS) is 15.4. The van der Waals surface area contributed by atoms with Gasteiger partial charge >= 0.3 is 0 Å². The molecule has 0 saturated heterocycles. The number of carbonyl (C=O) groups is 2. The molecular weight excluding hydrogens is 943 g/mol. The molecule has 5 rings (SSSR count). The minimum absolute atomic E-state index is 0.00980. The number of amides is 2. The number of carboxylic acid groups (broad SMARTS) is 1. The summed E-state index contributed by atoms with van der Waals surface area (Å²) in [6.45, 7) is 13.0. The molecule has 3 aromatic carbocycles. The van der Waals surface area contributed by atoms with Gasteiger partial charge in [-0.25, -0.2) is 0 Å². The number of benzene rings is 3. The number of carbonyl (C=O) groups excluding carboxylic acids is 2. The van der Waals surface area contributed by atoms with E-state index in [2.05, 4.69) is 53.1 Å². The third-order valence-corrected chi connectivity index (χ3v) is 11.4. The minimum atomic E-state index is -1.23. The van der Waals surface area contributed by atoms with Crippen LogP contribution in [0.25, 0.3) is 11.1 Å². The second-order valence-electron chi connectivity index (χ2n) is 16.7. The average Bonchev–Trinajstić information content (AvgIpc) is 3.73. The van der Waals surface area contributed by atoms with E-state index in [1.54, 1.807) is 12.1 Å². The van der Waals surface area contributed by atoms with E-state index in [1.807, 2.05) is 30.3 Å². The van der Waals surface area contributed by atoms with Gasteiger partial charge in [-0.1, -0.05) is 72.8 Å². The number of nitrogens with two attached hydrogens (primary N) is 1. The molecule has 18 heteroatoms. The second kappa shape index (κ2) is 41.9. The molecule has 0 saturated carbocycles. The lowest BCUT2D eigenvalue weighted by atomic mass is 9.96. The Morgan fingerprint density at radius 3 is 1.49 bits per heavy atom. The van der Waals surface area contributed by atoms with E-state index < -0.39 is 6.09 Å². The number of hydrogen-bond donors (Lipinski definition) is 3. The predicted octanol–water partition coefficient (Wildman–Crippen LogP) is 4.70. The fraction of sp³-hybridized carbons (Fsp3) is 0.600. The topological polar surface area (TPSA) is 218 Å². The maximum absolute atomic E-state index is 11.9. The van der Waals surface area contributed by atoms with Crippen molar-refractivity contribution < 1.29 is 71.5 Å². The zero-order valence-electron chi connectivity index (χ0n) is 42.9. The first-order chi connectivity index (χ1) is 36.1. The Labute approximate surface area is 432 Å². The fourth-order valence-electron chi connectivity index (χ4n) is 7.77. The summed E-state index contributed by atoms with van der Waals surface area (Å²) in [6, 6.07) is 23.6. The highest BCUT2D eigenvalue weighted by Gasteiger charge is 2.30. The van der Waals surface area contributed by atoms with Crippen molar-refractivity contribution in [2.45, 2.75) is 50.7 Å². The quantitative estimate of drug-likeness (QED) is 0.0519. The summed E-state index contributed by atoms with van der Waals surface area (Å²) in [4.78, 5) is 22.8. The Hall–Kier alpha value is -4.38. The zero-order valence-corrected chi connectivity index (χ0v) is 42.9. The van der Waals surface area contributed by atoms with E-state index in [0.717, 1.165) is 36.8 Å². The summed E-state index contributed by atoms with van der Waals surface area (Å²) in [5.74, 6) is -0.0971. The molecule has 1 unspecified atom stereocenters. The molecule has 3 aromatic rings. The minimum Gasteiger partial charge on any atom is -0.530 e. The van der Waals surface area contributed by atoms with E-state index in [0.29, 0.717) is 183 Å². The van der Waals surface area contributed by atoms with Crippen molar-refractivity contribution in [1.82, 2.24) is 10.6 Å². The first-order valence-corrected chi connectivity index (χ1v) is 25.9. The van der Waals surface area contributed by atoms with Crippen LogP contribution in [0.15, 0.2) is 84.9 Å². The lowest BCUT2D eigenvalue weighted by Gasteiger charge is -2.20. The summed E-state index contributed by atoms with van der Waals surface area (Å²) in [6.07, 6.45) is 9.18. The number of ether oxygens (including phenoxy) is 12. The highest BCUT2D eigenvalue weighted by atomic mass is 16.6.